The molecule has 1 amide bonds. The molecule has 21 heavy (non-hydrogen) atoms. The van der Waals surface area contributed by atoms with Crippen LogP contribution in [0, 0.1) is 0 Å². The van der Waals surface area contributed by atoms with Crippen LogP contribution in [0.5, 0.6) is 0 Å². The molecule has 0 saturated heterocycles. The molecule has 0 bridgehead atoms. The Bertz CT molecular complexity index is 648. The molecule has 0 aromatic heterocycles. The molecular weight excluding hydrogens is 346 g/mol. The zero-order valence-corrected chi connectivity index (χ0v) is 14.1. The lowest BCUT2D eigenvalue weighted by Gasteiger charge is -2.18. The van der Waals surface area contributed by atoms with Gasteiger partial charge in [0.25, 0.3) is 0 Å². The van der Waals surface area contributed by atoms with E-state index in [1.54, 1.807) is 11.8 Å². The summed E-state index contributed by atoms with van der Waals surface area (Å²) in [6, 6.07) is 16.2. The SMILES string of the molecule is CC(NC(=O)C1Cc2ccccc2S1)c1ccccc1Br. The van der Waals surface area contributed by atoms with E-state index in [1.807, 2.05) is 43.3 Å². The zero-order chi connectivity index (χ0) is 14.8. The number of rotatable bonds is 3. The van der Waals surface area contributed by atoms with Crippen LogP contribution in [0.3, 0.4) is 0 Å². The molecule has 3 rings (SSSR count). The normalized spacial score (nSPS) is 18.1. The van der Waals surface area contributed by atoms with E-state index in [0.29, 0.717) is 0 Å². The van der Waals surface area contributed by atoms with Gasteiger partial charge in [-0.15, -0.1) is 11.8 Å². The number of fused-ring (bicyclic) bond motifs is 1. The van der Waals surface area contributed by atoms with Crippen molar-refractivity contribution >= 4 is 33.6 Å². The smallest absolute Gasteiger partial charge is 0.234 e. The summed E-state index contributed by atoms with van der Waals surface area (Å²) < 4.78 is 1.03. The van der Waals surface area contributed by atoms with Crippen molar-refractivity contribution in [2.24, 2.45) is 0 Å². The first-order chi connectivity index (χ1) is 10.1. The molecule has 2 unspecified atom stereocenters. The average Bonchev–Trinajstić information content (AvgIpc) is 2.91. The van der Waals surface area contributed by atoms with Gasteiger partial charge in [0, 0.05) is 9.37 Å². The van der Waals surface area contributed by atoms with Crippen molar-refractivity contribution in [3.63, 3.8) is 0 Å². The van der Waals surface area contributed by atoms with Crippen LogP contribution in [0.25, 0.3) is 0 Å². The number of carbonyl (C=O) groups is 1. The van der Waals surface area contributed by atoms with E-state index in [2.05, 4.69) is 33.4 Å². The summed E-state index contributed by atoms with van der Waals surface area (Å²) in [6.07, 6.45) is 0.815. The molecule has 1 N–H and O–H groups in total. The van der Waals surface area contributed by atoms with E-state index in [0.717, 1.165) is 16.5 Å². The van der Waals surface area contributed by atoms with Gasteiger partial charge in [-0.2, -0.15) is 0 Å². The second kappa shape index (κ2) is 6.24. The lowest BCUT2D eigenvalue weighted by atomic mass is 10.1. The van der Waals surface area contributed by atoms with Gasteiger partial charge >= 0.3 is 0 Å². The molecule has 1 aliphatic heterocycles. The second-order valence-electron chi connectivity index (χ2n) is 5.17. The van der Waals surface area contributed by atoms with Crippen LogP contribution >= 0.6 is 27.7 Å². The molecule has 1 heterocycles. The molecule has 4 heteroatoms. The highest BCUT2D eigenvalue weighted by Gasteiger charge is 2.28. The number of carbonyl (C=O) groups excluding carboxylic acids is 1. The summed E-state index contributed by atoms with van der Waals surface area (Å²) >= 11 is 5.20. The van der Waals surface area contributed by atoms with Crippen molar-refractivity contribution in [2.75, 3.05) is 0 Å². The van der Waals surface area contributed by atoms with Gasteiger partial charge in [-0.05, 0) is 36.6 Å². The molecule has 0 radical (unpaired) electrons. The first-order valence-electron chi connectivity index (χ1n) is 6.94. The third kappa shape index (κ3) is 3.16. The van der Waals surface area contributed by atoms with Crippen LogP contribution in [0.4, 0.5) is 0 Å². The molecule has 108 valence electrons. The average molecular weight is 362 g/mol. The summed E-state index contributed by atoms with van der Waals surface area (Å²) in [5, 5.41) is 3.10. The molecule has 2 nitrogen and oxygen atoms in total. The summed E-state index contributed by atoms with van der Waals surface area (Å²) in [5.41, 5.74) is 2.38. The molecule has 2 aromatic carbocycles. The van der Waals surface area contributed by atoms with Crippen molar-refractivity contribution in [3.05, 3.63) is 64.1 Å². The van der Waals surface area contributed by atoms with Gasteiger partial charge in [-0.25, -0.2) is 0 Å². The number of hydrogen-bond acceptors (Lipinski definition) is 2. The van der Waals surface area contributed by atoms with Gasteiger partial charge in [-0.3, -0.25) is 4.79 Å². The third-order valence-electron chi connectivity index (χ3n) is 3.67. The lowest BCUT2D eigenvalue weighted by molar-refractivity contribution is -0.121. The van der Waals surface area contributed by atoms with Gasteiger partial charge < -0.3 is 5.32 Å². The van der Waals surface area contributed by atoms with Crippen molar-refractivity contribution in [3.8, 4) is 0 Å². The Morgan fingerprint density at radius 2 is 1.95 bits per heavy atom. The molecule has 2 atom stereocenters. The highest BCUT2D eigenvalue weighted by molar-refractivity contribution is 9.10. The van der Waals surface area contributed by atoms with Crippen LogP contribution in [0.15, 0.2) is 57.9 Å². The fourth-order valence-corrected chi connectivity index (χ4v) is 4.37. The van der Waals surface area contributed by atoms with Crippen LogP contribution in [0.1, 0.15) is 24.1 Å². The molecule has 0 saturated carbocycles. The Kier molecular flexibility index (Phi) is 4.36. The van der Waals surface area contributed by atoms with E-state index < -0.39 is 0 Å². The zero-order valence-electron chi connectivity index (χ0n) is 11.7. The minimum Gasteiger partial charge on any atom is -0.349 e. The molecule has 0 aliphatic carbocycles. The van der Waals surface area contributed by atoms with Crippen LogP contribution in [0.2, 0.25) is 0 Å². The standard InChI is InChI=1S/C17H16BrNOS/c1-11(13-7-3-4-8-14(13)18)19-17(20)16-10-12-6-2-5-9-15(12)21-16/h2-9,11,16H,10H2,1H3,(H,19,20). The summed E-state index contributed by atoms with van der Waals surface area (Å²) in [7, 11) is 0. The maximum Gasteiger partial charge on any atom is 0.234 e. The van der Waals surface area contributed by atoms with Gasteiger partial charge in [0.15, 0.2) is 0 Å². The van der Waals surface area contributed by atoms with Gasteiger partial charge in [0.2, 0.25) is 5.91 Å². The minimum atomic E-state index is -0.0210. The maximum absolute atomic E-state index is 12.5. The monoisotopic (exact) mass is 361 g/mol. The van der Waals surface area contributed by atoms with Crippen molar-refractivity contribution < 1.29 is 4.79 Å². The Balaban J connectivity index is 1.67. The predicted octanol–water partition coefficient (Wildman–Crippen LogP) is 4.34. The molecule has 0 spiro atoms. The molecule has 2 aromatic rings. The highest BCUT2D eigenvalue weighted by atomic mass is 79.9. The number of thioether (sulfide) groups is 1. The number of benzene rings is 2. The van der Waals surface area contributed by atoms with Gasteiger partial charge in [0.1, 0.15) is 0 Å². The number of hydrogen-bond donors (Lipinski definition) is 1. The van der Waals surface area contributed by atoms with Crippen molar-refractivity contribution in [1.82, 2.24) is 5.32 Å². The van der Waals surface area contributed by atoms with E-state index in [4.69, 9.17) is 0 Å². The van der Waals surface area contributed by atoms with Crippen molar-refractivity contribution in [2.45, 2.75) is 29.5 Å². The number of halogens is 1. The summed E-state index contributed by atoms with van der Waals surface area (Å²) in [5.74, 6) is 0.111. The second-order valence-corrected chi connectivity index (χ2v) is 7.27. The fraction of sp³-hybridized carbons (Fsp3) is 0.235. The third-order valence-corrected chi connectivity index (χ3v) is 5.71. The van der Waals surface area contributed by atoms with Crippen LogP contribution in [-0.4, -0.2) is 11.2 Å². The Hall–Kier alpha value is -1.26. The Morgan fingerprint density at radius 1 is 1.24 bits per heavy atom. The first kappa shape index (κ1) is 14.7. The van der Waals surface area contributed by atoms with E-state index >= 15 is 0 Å². The largest absolute Gasteiger partial charge is 0.349 e. The number of amides is 1. The van der Waals surface area contributed by atoms with Gasteiger partial charge in [-0.1, -0.05) is 52.3 Å². The fourth-order valence-electron chi connectivity index (χ4n) is 2.54. The van der Waals surface area contributed by atoms with E-state index in [9.17, 15) is 4.79 Å². The van der Waals surface area contributed by atoms with Gasteiger partial charge in [0.05, 0.1) is 11.3 Å². The Labute approximate surface area is 137 Å². The van der Waals surface area contributed by atoms with Crippen LogP contribution < -0.4 is 5.32 Å². The quantitative estimate of drug-likeness (QED) is 0.880. The maximum atomic E-state index is 12.5. The van der Waals surface area contributed by atoms with E-state index in [1.165, 1.54) is 10.5 Å². The molecule has 0 fully saturated rings. The molecular formula is C17H16BrNOS. The minimum absolute atomic E-state index is 0.00242. The molecule has 1 aliphatic rings. The first-order valence-corrected chi connectivity index (χ1v) is 8.62. The number of nitrogens with one attached hydrogen (secondary N) is 1. The predicted molar refractivity (Wildman–Crippen MR) is 90.5 cm³/mol. The van der Waals surface area contributed by atoms with E-state index in [-0.39, 0.29) is 17.2 Å². The summed E-state index contributed by atoms with van der Waals surface area (Å²) in [4.78, 5) is 13.7. The highest BCUT2D eigenvalue weighted by Crippen LogP contribution is 2.37. The van der Waals surface area contributed by atoms with Crippen LogP contribution in [-0.2, 0) is 11.2 Å². The topological polar surface area (TPSA) is 29.1 Å². The summed E-state index contributed by atoms with van der Waals surface area (Å²) in [6.45, 7) is 2.02. The lowest BCUT2D eigenvalue weighted by Crippen LogP contribution is -2.34. The Morgan fingerprint density at radius 3 is 2.71 bits per heavy atom. The van der Waals surface area contributed by atoms with Crippen molar-refractivity contribution in [1.29, 1.82) is 0 Å².